The highest BCUT2D eigenvalue weighted by molar-refractivity contribution is 5.95. The average Bonchev–Trinajstić information content (AvgIpc) is 2.42. The molecule has 0 aliphatic carbocycles. The first kappa shape index (κ1) is 13.8. The molecule has 0 atom stereocenters. The minimum Gasteiger partial charge on any atom is -0.490 e. The van der Waals surface area contributed by atoms with Gasteiger partial charge in [0.15, 0.2) is 0 Å². The Hall–Kier alpha value is -2.30. The molecule has 1 N–H and O–H groups in total. The number of benzene rings is 1. The normalized spacial score (nSPS) is 9.39. The largest absolute Gasteiger partial charge is 0.490 e. The van der Waals surface area contributed by atoms with Crippen molar-refractivity contribution in [2.24, 2.45) is 0 Å². The summed E-state index contributed by atoms with van der Waals surface area (Å²) in [7, 11) is 1.26. The van der Waals surface area contributed by atoms with Crippen LogP contribution in [0.5, 0.6) is 5.75 Å². The van der Waals surface area contributed by atoms with Crippen molar-refractivity contribution in [3.8, 4) is 5.75 Å². The van der Waals surface area contributed by atoms with Crippen molar-refractivity contribution < 1.29 is 19.1 Å². The van der Waals surface area contributed by atoms with E-state index in [-0.39, 0.29) is 12.5 Å². The van der Waals surface area contributed by atoms with E-state index in [9.17, 15) is 9.59 Å². The number of carbonyl (C=O) groups excluding carboxylic acids is 2. The van der Waals surface area contributed by atoms with Crippen LogP contribution in [0.2, 0.25) is 0 Å². The summed E-state index contributed by atoms with van der Waals surface area (Å²) in [6.07, 6.45) is 1.64. The highest BCUT2D eigenvalue weighted by atomic mass is 16.5. The Labute approximate surface area is 105 Å². The number of ether oxygens (including phenoxy) is 2. The third kappa shape index (κ3) is 4.29. The monoisotopic (exact) mass is 249 g/mol. The van der Waals surface area contributed by atoms with E-state index in [1.807, 2.05) is 0 Å². The van der Waals surface area contributed by atoms with E-state index in [2.05, 4.69) is 16.6 Å². The minimum absolute atomic E-state index is 0.149. The SMILES string of the molecule is C=CCOc1ccc(C(=O)NCC(=O)OC)cc1. The van der Waals surface area contributed by atoms with E-state index >= 15 is 0 Å². The van der Waals surface area contributed by atoms with Gasteiger partial charge in [0.2, 0.25) is 0 Å². The lowest BCUT2D eigenvalue weighted by Gasteiger charge is -2.06. The van der Waals surface area contributed by atoms with E-state index in [0.29, 0.717) is 17.9 Å². The number of esters is 1. The molecular formula is C13H15NO4. The van der Waals surface area contributed by atoms with E-state index in [1.54, 1.807) is 30.3 Å². The maximum Gasteiger partial charge on any atom is 0.325 e. The van der Waals surface area contributed by atoms with Gasteiger partial charge in [-0.05, 0) is 24.3 Å². The summed E-state index contributed by atoms with van der Waals surface area (Å²) in [6, 6.07) is 6.59. The molecule has 96 valence electrons. The van der Waals surface area contributed by atoms with Gasteiger partial charge in [-0.25, -0.2) is 0 Å². The highest BCUT2D eigenvalue weighted by Crippen LogP contribution is 2.11. The fourth-order valence-corrected chi connectivity index (χ4v) is 1.18. The lowest BCUT2D eigenvalue weighted by molar-refractivity contribution is -0.139. The van der Waals surface area contributed by atoms with E-state index in [0.717, 1.165) is 0 Å². The third-order valence-corrected chi connectivity index (χ3v) is 2.11. The summed E-state index contributed by atoms with van der Waals surface area (Å²) < 4.78 is 9.70. The predicted octanol–water partition coefficient (Wildman–Crippen LogP) is 1.15. The maximum atomic E-state index is 11.6. The summed E-state index contributed by atoms with van der Waals surface area (Å²) in [4.78, 5) is 22.5. The van der Waals surface area contributed by atoms with Gasteiger partial charge in [-0.3, -0.25) is 9.59 Å². The number of nitrogens with one attached hydrogen (secondary N) is 1. The van der Waals surface area contributed by atoms with Crippen LogP contribution in [0.15, 0.2) is 36.9 Å². The van der Waals surface area contributed by atoms with Crippen molar-refractivity contribution in [3.63, 3.8) is 0 Å². The minimum atomic E-state index is -0.491. The summed E-state index contributed by atoms with van der Waals surface area (Å²) in [5.41, 5.74) is 0.449. The van der Waals surface area contributed by atoms with Crippen LogP contribution in [0.1, 0.15) is 10.4 Å². The molecule has 0 saturated carbocycles. The molecule has 1 aromatic rings. The fraction of sp³-hybridized carbons (Fsp3) is 0.231. The van der Waals surface area contributed by atoms with Crippen LogP contribution in [0.25, 0.3) is 0 Å². The van der Waals surface area contributed by atoms with Crippen LogP contribution >= 0.6 is 0 Å². The van der Waals surface area contributed by atoms with Gasteiger partial charge in [-0.15, -0.1) is 0 Å². The molecule has 18 heavy (non-hydrogen) atoms. The van der Waals surface area contributed by atoms with Gasteiger partial charge >= 0.3 is 5.97 Å². The van der Waals surface area contributed by atoms with Crippen molar-refractivity contribution >= 4 is 11.9 Å². The van der Waals surface area contributed by atoms with Gasteiger partial charge < -0.3 is 14.8 Å². The van der Waals surface area contributed by atoms with Crippen molar-refractivity contribution in [3.05, 3.63) is 42.5 Å². The van der Waals surface area contributed by atoms with E-state index in [4.69, 9.17) is 4.74 Å². The Morgan fingerprint density at radius 1 is 1.33 bits per heavy atom. The van der Waals surface area contributed by atoms with Crippen LogP contribution in [0.3, 0.4) is 0 Å². The number of amides is 1. The zero-order valence-corrected chi connectivity index (χ0v) is 10.1. The van der Waals surface area contributed by atoms with Gasteiger partial charge in [0.25, 0.3) is 5.91 Å². The highest BCUT2D eigenvalue weighted by Gasteiger charge is 2.07. The van der Waals surface area contributed by atoms with E-state index < -0.39 is 5.97 Å². The molecule has 5 nitrogen and oxygen atoms in total. The van der Waals surface area contributed by atoms with Gasteiger partial charge in [0, 0.05) is 5.56 Å². The third-order valence-electron chi connectivity index (χ3n) is 2.11. The summed E-state index contributed by atoms with van der Waals surface area (Å²) in [5.74, 6) is -0.177. The Morgan fingerprint density at radius 2 is 2.00 bits per heavy atom. The molecule has 0 aliphatic heterocycles. The summed E-state index contributed by atoms with van der Waals surface area (Å²) >= 11 is 0. The molecule has 0 spiro atoms. The van der Waals surface area contributed by atoms with Crippen LogP contribution in [0.4, 0.5) is 0 Å². The molecule has 1 aromatic carbocycles. The molecule has 1 rings (SSSR count). The van der Waals surface area contributed by atoms with E-state index in [1.165, 1.54) is 7.11 Å². The molecule has 0 aromatic heterocycles. The Morgan fingerprint density at radius 3 is 2.56 bits per heavy atom. The number of methoxy groups -OCH3 is 1. The average molecular weight is 249 g/mol. The van der Waals surface area contributed by atoms with Crippen LogP contribution in [0, 0.1) is 0 Å². The first-order chi connectivity index (χ1) is 8.67. The second kappa shape index (κ2) is 7.11. The zero-order valence-electron chi connectivity index (χ0n) is 10.1. The van der Waals surface area contributed by atoms with Gasteiger partial charge in [0.05, 0.1) is 7.11 Å². The van der Waals surface area contributed by atoms with Gasteiger partial charge in [-0.1, -0.05) is 12.7 Å². The molecular weight excluding hydrogens is 234 g/mol. The first-order valence-electron chi connectivity index (χ1n) is 5.36. The number of carbonyl (C=O) groups is 2. The molecule has 0 saturated heterocycles. The molecule has 0 fully saturated rings. The van der Waals surface area contributed by atoms with Crippen LogP contribution < -0.4 is 10.1 Å². The molecule has 0 bridgehead atoms. The number of rotatable bonds is 6. The number of hydrogen-bond acceptors (Lipinski definition) is 4. The molecule has 1 amide bonds. The molecule has 0 aliphatic rings. The van der Waals surface area contributed by atoms with Crippen molar-refractivity contribution in [2.75, 3.05) is 20.3 Å². The molecule has 0 unspecified atom stereocenters. The fourth-order valence-electron chi connectivity index (χ4n) is 1.18. The van der Waals surface area contributed by atoms with Gasteiger partial charge in [0.1, 0.15) is 18.9 Å². The standard InChI is InChI=1S/C13H15NO4/c1-3-8-18-11-6-4-10(5-7-11)13(16)14-9-12(15)17-2/h3-7H,1,8-9H2,2H3,(H,14,16). The topological polar surface area (TPSA) is 64.6 Å². The Bertz CT molecular complexity index is 425. The predicted molar refractivity (Wildman–Crippen MR) is 66.5 cm³/mol. The smallest absolute Gasteiger partial charge is 0.325 e. The van der Waals surface area contributed by atoms with Crippen molar-refractivity contribution in [1.29, 1.82) is 0 Å². The lowest BCUT2D eigenvalue weighted by Crippen LogP contribution is -2.30. The molecule has 0 heterocycles. The second-order valence-corrected chi connectivity index (χ2v) is 3.38. The van der Waals surface area contributed by atoms with Gasteiger partial charge in [-0.2, -0.15) is 0 Å². The maximum absolute atomic E-state index is 11.6. The first-order valence-corrected chi connectivity index (χ1v) is 5.36. The lowest BCUT2D eigenvalue weighted by atomic mass is 10.2. The van der Waals surface area contributed by atoms with Crippen LogP contribution in [-0.2, 0) is 9.53 Å². The molecule has 0 radical (unpaired) electrons. The quantitative estimate of drug-likeness (QED) is 0.607. The zero-order chi connectivity index (χ0) is 13.4. The second-order valence-electron chi connectivity index (χ2n) is 3.38. The Kier molecular flexibility index (Phi) is 5.44. The Balaban J connectivity index is 2.53. The van der Waals surface area contributed by atoms with Crippen LogP contribution in [-0.4, -0.2) is 32.1 Å². The van der Waals surface area contributed by atoms with Crippen molar-refractivity contribution in [1.82, 2.24) is 5.32 Å². The summed E-state index contributed by atoms with van der Waals surface area (Å²) in [6.45, 7) is 3.80. The molecule has 5 heteroatoms. The summed E-state index contributed by atoms with van der Waals surface area (Å²) in [5, 5.41) is 2.44. The van der Waals surface area contributed by atoms with Crippen molar-refractivity contribution in [2.45, 2.75) is 0 Å². The number of hydrogen-bond donors (Lipinski definition) is 1.